The van der Waals surface area contributed by atoms with E-state index < -0.39 is 18.0 Å². The fraction of sp³-hybridized carbons (Fsp3) is 0.273. The van der Waals surface area contributed by atoms with Crippen molar-refractivity contribution in [1.29, 1.82) is 0 Å². The number of carboxylic acid groups (broad SMARTS) is 1. The number of hydrogen-bond acceptors (Lipinski definition) is 3. The molecule has 1 aromatic rings. The lowest BCUT2D eigenvalue weighted by Gasteiger charge is -2.11. The van der Waals surface area contributed by atoms with E-state index in [1.54, 1.807) is 12.1 Å². The van der Waals surface area contributed by atoms with E-state index in [-0.39, 0.29) is 6.54 Å². The Morgan fingerprint density at radius 2 is 2.22 bits per heavy atom. The molecule has 1 atom stereocenters. The Hall–Kier alpha value is -0.860. The molecule has 1 unspecified atom stereocenters. The van der Waals surface area contributed by atoms with Crippen molar-refractivity contribution in [2.75, 3.05) is 13.7 Å². The van der Waals surface area contributed by atoms with Crippen LogP contribution in [-0.4, -0.2) is 36.7 Å². The molecular formula is C11H11ClINO4. The van der Waals surface area contributed by atoms with Crippen LogP contribution in [0.15, 0.2) is 18.2 Å². The summed E-state index contributed by atoms with van der Waals surface area (Å²) in [7, 11) is 1.27. The minimum Gasteiger partial charge on any atom is -0.479 e. The van der Waals surface area contributed by atoms with E-state index in [0.717, 1.165) is 3.57 Å². The highest BCUT2D eigenvalue weighted by atomic mass is 127. The first kappa shape index (κ1) is 15.2. The molecule has 0 radical (unpaired) electrons. The first-order chi connectivity index (χ1) is 8.45. The number of hydrogen-bond donors (Lipinski definition) is 2. The van der Waals surface area contributed by atoms with Crippen LogP contribution in [-0.2, 0) is 9.53 Å². The molecule has 1 aromatic carbocycles. The molecule has 2 N–H and O–H groups in total. The van der Waals surface area contributed by atoms with Crippen LogP contribution in [0.3, 0.4) is 0 Å². The van der Waals surface area contributed by atoms with Crippen molar-refractivity contribution in [1.82, 2.24) is 5.32 Å². The van der Waals surface area contributed by atoms with Crippen LogP contribution in [0.2, 0.25) is 5.02 Å². The molecule has 0 aliphatic heterocycles. The minimum absolute atomic E-state index is 0.103. The number of aliphatic carboxylic acids is 1. The molecule has 18 heavy (non-hydrogen) atoms. The molecule has 98 valence electrons. The van der Waals surface area contributed by atoms with Gasteiger partial charge in [0.25, 0.3) is 5.91 Å². The molecule has 0 fully saturated rings. The third-order valence-corrected chi connectivity index (χ3v) is 3.76. The van der Waals surface area contributed by atoms with E-state index in [2.05, 4.69) is 5.32 Å². The summed E-state index contributed by atoms with van der Waals surface area (Å²) in [4.78, 5) is 22.4. The predicted molar refractivity (Wildman–Crippen MR) is 74.9 cm³/mol. The molecule has 7 heteroatoms. The fourth-order valence-electron chi connectivity index (χ4n) is 1.20. The molecule has 0 aromatic heterocycles. The van der Waals surface area contributed by atoms with Crippen LogP contribution in [0, 0.1) is 3.57 Å². The predicted octanol–water partition coefficient (Wildman–Crippen LogP) is 1.77. The number of carboxylic acids is 1. The van der Waals surface area contributed by atoms with Crippen molar-refractivity contribution in [2.45, 2.75) is 6.10 Å². The lowest BCUT2D eigenvalue weighted by Crippen LogP contribution is -2.37. The summed E-state index contributed by atoms with van der Waals surface area (Å²) in [6, 6.07) is 4.86. The topological polar surface area (TPSA) is 75.6 Å². The Morgan fingerprint density at radius 1 is 1.56 bits per heavy atom. The quantitative estimate of drug-likeness (QED) is 0.760. The normalized spacial score (nSPS) is 11.9. The summed E-state index contributed by atoms with van der Waals surface area (Å²) >= 11 is 7.94. The molecule has 0 aliphatic carbocycles. The summed E-state index contributed by atoms with van der Waals surface area (Å²) < 4.78 is 5.54. The number of nitrogens with one attached hydrogen (secondary N) is 1. The summed E-state index contributed by atoms with van der Waals surface area (Å²) in [5.41, 5.74) is 0.376. The molecule has 0 saturated carbocycles. The smallest absolute Gasteiger partial charge is 0.334 e. The van der Waals surface area contributed by atoms with Gasteiger partial charge in [-0.25, -0.2) is 4.79 Å². The number of amides is 1. The van der Waals surface area contributed by atoms with Crippen molar-refractivity contribution in [3.05, 3.63) is 32.4 Å². The molecule has 1 amide bonds. The summed E-state index contributed by atoms with van der Waals surface area (Å²) in [5.74, 6) is -1.52. The average Bonchev–Trinajstić information content (AvgIpc) is 2.32. The highest BCUT2D eigenvalue weighted by Gasteiger charge is 2.17. The zero-order chi connectivity index (χ0) is 13.7. The maximum Gasteiger partial charge on any atom is 0.334 e. The highest BCUT2D eigenvalue weighted by Crippen LogP contribution is 2.19. The Kier molecular flexibility index (Phi) is 5.83. The second kappa shape index (κ2) is 6.91. The van der Waals surface area contributed by atoms with Gasteiger partial charge in [0.05, 0.1) is 11.6 Å². The van der Waals surface area contributed by atoms with Gasteiger partial charge in [0.2, 0.25) is 0 Å². The van der Waals surface area contributed by atoms with E-state index in [1.807, 2.05) is 22.6 Å². The van der Waals surface area contributed by atoms with Gasteiger partial charge in [-0.05, 0) is 40.8 Å². The first-order valence-electron chi connectivity index (χ1n) is 4.94. The molecule has 1 rings (SSSR count). The van der Waals surface area contributed by atoms with Gasteiger partial charge < -0.3 is 15.2 Å². The van der Waals surface area contributed by atoms with Crippen LogP contribution in [0.1, 0.15) is 10.4 Å². The van der Waals surface area contributed by atoms with E-state index in [9.17, 15) is 9.59 Å². The van der Waals surface area contributed by atoms with Crippen molar-refractivity contribution in [2.24, 2.45) is 0 Å². The van der Waals surface area contributed by atoms with Crippen molar-refractivity contribution < 1.29 is 19.4 Å². The number of rotatable bonds is 5. The molecule has 0 heterocycles. The monoisotopic (exact) mass is 383 g/mol. The largest absolute Gasteiger partial charge is 0.479 e. The lowest BCUT2D eigenvalue weighted by molar-refractivity contribution is -0.148. The van der Waals surface area contributed by atoms with Crippen molar-refractivity contribution in [3.8, 4) is 0 Å². The Balaban J connectivity index is 2.65. The van der Waals surface area contributed by atoms with Gasteiger partial charge in [-0.1, -0.05) is 11.6 Å². The van der Waals surface area contributed by atoms with Gasteiger partial charge in [0, 0.05) is 16.2 Å². The molecule has 0 saturated heterocycles. The number of halogens is 2. The molecule has 0 aliphatic rings. The van der Waals surface area contributed by atoms with Crippen molar-refractivity contribution in [3.63, 3.8) is 0 Å². The number of methoxy groups -OCH3 is 1. The number of carbonyl (C=O) groups is 2. The summed E-state index contributed by atoms with van der Waals surface area (Å²) in [6.07, 6.45) is -1.06. The SMILES string of the molecule is COC(CNC(=O)c1ccc(I)c(Cl)c1)C(=O)O. The Labute approximate surface area is 123 Å². The van der Waals surface area contributed by atoms with Gasteiger partial charge in [0.15, 0.2) is 6.10 Å². The van der Waals surface area contributed by atoms with Gasteiger partial charge in [-0.2, -0.15) is 0 Å². The third kappa shape index (κ3) is 4.11. The number of benzene rings is 1. The van der Waals surface area contributed by atoms with Crippen LogP contribution in [0.25, 0.3) is 0 Å². The number of ether oxygens (including phenoxy) is 1. The van der Waals surface area contributed by atoms with Crippen molar-refractivity contribution >= 4 is 46.1 Å². The summed E-state index contributed by atoms with van der Waals surface area (Å²) in [5, 5.41) is 11.7. The van der Waals surface area contributed by atoms with Gasteiger partial charge in [-0.3, -0.25) is 4.79 Å². The minimum atomic E-state index is -1.13. The number of carbonyl (C=O) groups excluding carboxylic acids is 1. The zero-order valence-corrected chi connectivity index (χ0v) is 12.4. The first-order valence-corrected chi connectivity index (χ1v) is 6.40. The Morgan fingerprint density at radius 3 is 2.72 bits per heavy atom. The molecule has 5 nitrogen and oxygen atoms in total. The maximum atomic E-state index is 11.7. The maximum absolute atomic E-state index is 11.7. The van der Waals surface area contributed by atoms with Crippen LogP contribution in [0.4, 0.5) is 0 Å². The van der Waals surface area contributed by atoms with Gasteiger partial charge in [-0.15, -0.1) is 0 Å². The standard InChI is InChI=1S/C11H11ClINO4/c1-18-9(11(16)17)5-14-10(15)6-2-3-8(13)7(12)4-6/h2-4,9H,5H2,1H3,(H,14,15)(H,16,17). The molecule has 0 spiro atoms. The zero-order valence-electron chi connectivity index (χ0n) is 9.44. The third-order valence-electron chi connectivity index (χ3n) is 2.19. The average molecular weight is 384 g/mol. The lowest BCUT2D eigenvalue weighted by atomic mass is 10.2. The fourth-order valence-corrected chi connectivity index (χ4v) is 1.71. The van der Waals surface area contributed by atoms with E-state index in [4.69, 9.17) is 21.4 Å². The molecular weight excluding hydrogens is 372 g/mol. The van der Waals surface area contributed by atoms with Crippen LogP contribution in [0.5, 0.6) is 0 Å². The van der Waals surface area contributed by atoms with E-state index in [1.165, 1.54) is 13.2 Å². The summed E-state index contributed by atoms with van der Waals surface area (Å²) in [6.45, 7) is -0.103. The van der Waals surface area contributed by atoms with Crippen LogP contribution < -0.4 is 5.32 Å². The molecule has 0 bridgehead atoms. The second-order valence-corrected chi connectivity index (χ2v) is 4.97. The highest BCUT2D eigenvalue weighted by molar-refractivity contribution is 14.1. The Bertz CT molecular complexity index is 466. The van der Waals surface area contributed by atoms with E-state index >= 15 is 0 Å². The van der Waals surface area contributed by atoms with Gasteiger partial charge in [0.1, 0.15) is 0 Å². The second-order valence-electron chi connectivity index (χ2n) is 3.40. The van der Waals surface area contributed by atoms with Gasteiger partial charge >= 0.3 is 5.97 Å². The van der Waals surface area contributed by atoms with E-state index in [0.29, 0.717) is 10.6 Å². The van der Waals surface area contributed by atoms with Crippen LogP contribution >= 0.6 is 34.2 Å².